The van der Waals surface area contributed by atoms with Gasteiger partial charge in [-0.05, 0) is 51.5 Å². The zero-order valence-corrected chi connectivity index (χ0v) is 11.5. The number of hydrogen-bond acceptors (Lipinski definition) is 3. The monoisotopic (exact) mass is 250 g/mol. The van der Waals surface area contributed by atoms with E-state index in [0.29, 0.717) is 24.4 Å². The predicted molar refractivity (Wildman–Crippen MR) is 73.6 cm³/mol. The van der Waals surface area contributed by atoms with Crippen molar-refractivity contribution in [2.24, 2.45) is 0 Å². The normalized spacial score (nSPS) is 11.3. The van der Waals surface area contributed by atoms with Crippen LogP contribution in [0, 0.1) is 6.92 Å². The number of carbonyl (C=O) groups is 1. The molecule has 4 heteroatoms. The molecule has 0 aliphatic rings. The number of anilines is 1. The molecule has 0 atom stereocenters. The van der Waals surface area contributed by atoms with Crippen molar-refractivity contribution < 1.29 is 9.53 Å². The fraction of sp³-hybridized carbons (Fsp3) is 0.500. The Bertz CT molecular complexity index is 428. The molecule has 4 nitrogen and oxygen atoms in total. The van der Waals surface area contributed by atoms with Gasteiger partial charge < -0.3 is 15.8 Å². The van der Waals surface area contributed by atoms with Gasteiger partial charge in [-0.25, -0.2) is 0 Å². The van der Waals surface area contributed by atoms with E-state index in [9.17, 15) is 4.79 Å². The van der Waals surface area contributed by atoms with Crippen LogP contribution in [0.25, 0.3) is 0 Å². The molecule has 0 bridgehead atoms. The van der Waals surface area contributed by atoms with Crippen molar-refractivity contribution in [3.05, 3.63) is 29.3 Å². The number of rotatable bonds is 5. The van der Waals surface area contributed by atoms with Crippen molar-refractivity contribution in [2.45, 2.75) is 33.3 Å². The number of carbonyl (C=O) groups excluding carboxylic acids is 1. The van der Waals surface area contributed by atoms with Crippen molar-refractivity contribution in [1.82, 2.24) is 5.32 Å². The van der Waals surface area contributed by atoms with Crippen LogP contribution >= 0.6 is 0 Å². The van der Waals surface area contributed by atoms with Gasteiger partial charge in [0.2, 0.25) is 0 Å². The number of benzene rings is 1. The van der Waals surface area contributed by atoms with Crippen molar-refractivity contribution >= 4 is 11.6 Å². The van der Waals surface area contributed by atoms with E-state index in [-0.39, 0.29) is 11.5 Å². The summed E-state index contributed by atoms with van der Waals surface area (Å²) in [6, 6.07) is 5.27. The summed E-state index contributed by atoms with van der Waals surface area (Å²) in [5, 5.41) is 2.88. The minimum atomic E-state index is -0.355. The van der Waals surface area contributed by atoms with Crippen LogP contribution in [0.1, 0.15) is 36.7 Å². The third-order valence-electron chi connectivity index (χ3n) is 2.70. The van der Waals surface area contributed by atoms with Crippen LogP contribution in [0.4, 0.5) is 5.69 Å². The molecule has 1 rings (SSSR count). The average Bonchev–Trinajstić information content (AvgIpc) is 2.26. The highest BCUT2D eigenvalue weighted by Gasteiger charge is 2.19. The molecule has 1 aromatic carbocycles. The molecule has 1 aromatic rings. The first kappa shape index (κ1) is 14.5. The van der Waals surface area contributed by atoms with Gasteiger partial charge in [0.25, 0.3) is 5.91 Å². The van der Waals surface area contributed by atoms with Crippen molar-refractivity contribution in [3.8, 4) is 0 Å². The molecule has 100 valence electrons. The van der Waals surface area contributed by atoms with Gasteiger partial charge in [-0.2, -0.15) is 0 Å². The van der Waals surface area contributed by atoms with Crippen LogP contribution in [-0.2, 0) is 4.74 Å². The van der Waals surface area contributed by atoms with E-state index in [1.54, 1.807) is 18.2 Å². The Morgan fingerprint density at radius 1 is 1.44 bits per heavy atom. The van der Waals surface area contributed by atoms with Gasteiger partial charge in [-0.3, -0.25) is 4.79 Å². The summed E-state index contributed by atoms with van der Waals surface area (Å²) >= 11 is 0. The first-order valence-electron chi connectivity index (χ1n) is 6.14. The Hall–Kier alpha value is -1.55. The van der Waals surface area contributed by atoms with Crippen LogP contribution < -0.4 is 11.1 Å². The Balaban J connectivity index is 2.66. The highest BCUT2D eigenvalue weighted by Crippen LogP contribution is 2.13. The van der Waals surface area contributed by atoms with Gasteiger partial charge >= 0.3 is 0 Å². The SMILES string of the molecule is CCOC(C)(C)CNC(=O)c1ccc(N)cc1C. The number of nitrogens with two attached hydrogens (primary N) is 1. The molecule has 0 aromatic heterocycles. The van der Waals surface area contributed by atoms with E-state index in [4.69, 9.17) is 10.5 Å². The summed E-state index contributed by atoms with van der Waals surface area (Å²) in [6.07, 6.45) is 0. The topological polar surface area (TPSA) is 64.3 Å². The van der Waals surface area contributed by atoms with E-state index in [1.807, 2.05) is 27.7 Å². The van der Waals surface area contributed by atoms with Crippen molar-refractivity contribution in [3.63, 3.8) is 0 Å². The molecule has 3 N–H and O–H groups in total. The Kier molecular flexibility index (Phi) is 4.73. The number of amides is 1. The summed E-state index contributed by atoms with van der Waals surface area (Å²) in [6.45, 7) is 8.82. The maximum absolute atomic E-state index is 12.0. The molecule has 0 saturated carbocycles. The lowest BCUT2D eigenvalue weighted by Crippen LogP contribution is -2.40. The summed E-state index contributed by atoms with van der Waals surface area (Å²) in [5.41, 5.74) is 7.50. The van der Waals surface area contributed by atoms with Gasteiger partial charge in [0.15, 0.2) is 0 Å². The predicted octanol–water partition coefficient (Wildman–Crippen LogP) is 2.12. The number of aryl methyl sites for hydroxylation is 1. The van der Waals surface area contributed by atoms with E-state index < -0.39 is 0 Å². The molecule has 0 aliphatic heterocycles. The lowest BCUT2D eigenvalue weighted by molar-refractivity contribution is -0.00815. The van der Waals surface area contributed by atoms with Gasteiger partial charge in [-0.1, -0.05) is 0 Å². The van der Waals surface area contributed by atoms with Crippen molar-refractivity contribution in [1.29, 1.82) is 0 Å². The maximum Gasteiger partial charge on any atom is 0.251 e. The molecule has 0 fully saturated rings. The fourth-order valence-corrected chi connectivity index (χ4v) is 1.77. The van der Waals surface area contributed by atoms with E-state index in [0.717, 1.165) is 5.56 Å². The molecular weight excluding hydrogens is 228 g/mol. The largest absolute Gasteiger partial charge is 0.399 e. The number of nitrogen functional groups attached to an aromatic ring is 1. The summed E-state index contributed by atoms with van der Waals surface area (Å²) < 4.78 is 5.53. The zero-order valence-electron chi connectivity index (χ0n) is 11.5. The minimum absolute atomic E-state index is 0.0970. The highest BCUT2D eigenvalue weighted by molar-refractivity contribution is 5.96. The zero-order chi connectivity index (χ0) is 13.8. The quantitative estimate of drug-likeness (QED) is 0.787. The van der Waals surface area contributed by atoms with Crippen LogP contribution in [-0.4, -0.2) is 24.7 Å². The maximum atomic E-state index is 12.0. The lowest BCUT2D eigenvalue weighted by Gasteiger charge is -2.25. The molecule has 0 heterocycles. The molecule has 0 radical (unpaired) electrons. The van der Waals surface area contributed by atoms with Crippen LogP contribution in [0.3, 0.4) is 0 Å². The second kappa shape index (κ2) is 5.87. The summed E-state index contributed by atoms with van der Waals surface area (Å²) in [7, 11) is 0. The molecule has 0 saturated heterocycles. The molecular formula is C14H22N2O2. The van der Waals surface area contributed by atoms with Crippen molar-refractivity contribution in [2.75, 3.05) is 18.9 Å². The summed E-state index contributed by atoms with van der Waals surface area (Å²) in [4.78, 5) is 12.0. The van der Waals surface area contributed by atoms with E-state index in [2.05, 4.69) is 5.32 Å². The third kappa shape index (κ3) is 4.04. The van der Waals surface area contributed by atoms with E-state index in [1.165, 1.54) is 0 Å². The van der Waals surface area contributed by atoms with Crippen LogP contribution in [0.15, 0.2) is 18.2 Å². The molecule has 0 aliphatic carbocycles. The Labute approximate surface area is 109 Å². The molecule has 1 amide bonds. The van der Waals surface area contributed by atoms with Gasteiger partial charge in [0.05, 0.1) is 5.60 Å². The smallest absolute Gasteiger partial charge is 0.251 e. The third-order valence-corrected chi connectivity index (χ3v) is 2.70. The molecule has 0 spiro atoms. The second-order valence-electron chi connectivity index (χ2n) is 4.95. The van der Waals surface area contributed by atoms with Gasteiger partial charge in [0, 0.05) is 24.4 Å². The Morgan fingerprint density at radius 2 is 2.11 bits per heavy atom. The first-order valence-corrected chi connectivity index (χ1v) is 6.14. The van der Waals surface area contributed by atoms with Crippen LogP contribution in [0.5, 0.6) is 0 Å². The highest BCUT2D eigenvalue weighted by atomic mass is 16.5. The number of nitrogens with one attached hydrogen (secondary N) is 1. The lowest BCUT2D eigenvalue weighted by atomic mass is 10.1. The average molecular weight is 250 g/mol. The summed E-state index contributed by atoms with van der Waals surface area (Å²) in [5.74, 6) is -0.0970. The van der Waals surface area contributed by atoms with Crippen LogP contribution in [0.2, 0.25) is 0 Å². The van der Waals surface area contributed by atoms with Gasteiger partial charge in [-0.15, -0.1) is 0 Å². The Morgan fingerprint density at radius 3 is 2.67 bits per heavy atom. The number of ether oxygens (including phenoxy) is 1. The first-order chi connectivity index (χ1) is 8.35. The molecule has 0 unspecified atom stereocenters. The minimum Gasteiger partial charge on any atom is -0.399 e. The second-order valence-corrected chi connectivity index (χ2v) is 4.95. The van der Waals surface area contributed by atoms with Gasteiger partial charge in [0.1, 0.15) is 0 Å². The standard InChI is InChI=1S/C14H22N2O2/c1-5-18-14(3,4)9-16-13(17)12-7-6-11(15)8-10(12)2/h6-8H,5,9,15H2,1-4H3,(H,16,17). The fourth-order valence-electron chi connectivity index (χ4n) is 1.77. The molecule has 18 heavy (non-hydrogen) atoms. The number of hydrogen-bond donors (Lipinski definition) is 2. The van der Waals surface area contributed by atoms with E-state index >= 15 is 0 Å².